The molecule has 7 nitrogen and oxygen atoms in total. The molecule has 0 aromatic carbocycles. The summed E-state index contributed by atoms with van der Waals surface area (Å²) in [4.78, 5) is 28.5. The molecule has 2 aliphatic heterocycles. The summed E-state index contributed by atoms with van der Waals surface area (Å²) in [5.74, 6) is 0.496. The highest BCUT2D eigenvalue weighted by Gasteiger charge is 2.32. The van der Waals surface area contributed by atoms with Crippen molar-refractivity contribution in [1.29, 1.82) is 0 Å². The van der Waals surface area contributed by atoms with Crippen molar-refractivity contribution in [2.45, 2.75) is 44.2 Å². The number of likely N-dealkylation sites (tertiary alicyclic amines) is 1. The number of ether oxygens (including phenoxy) is 1. The molecular formula is C17H32Cl2N4O3. The Morgan fingerprint density at radius 2 is 1.92 bits per heavy atom. The van der Waals surface area contributed by atoms with E-state index in [1.807, 2.05) is 4.90 Å². The molecule has 152 valence electrons. The van der Waals surface area contributed by atoms with Crippen LogP contribution in [0, 0.1) is 5.92 Å². The number of nitrogens with two attached hydrogens (primary N) is 1. The zero-order valence-corrected chi connectivity index (χ0v) is 16.9. The van der Waals surface area contributed by atoms with Crippen LogP contribution in [0.5, 0.6) is 0 Å². The highest BCUT2D eigenvalue weighted by atomic mass is 35.5. The summed E-state index contributed by atoms with van der Waals surface area (Å²) >= 11 is 0. The van der Waals surface area contributed by atoms with Gasteiger partial charge in [-0.15, -0.1) is 24.8 Å². The van der Waals surface area contributed by atoms with E-state index in [0.29, 0.717) is 25.3 Å². The van der Waals surface area contributed by atoms with E-state index in [2.05, 4.69) is 10.2 Å². The van der Waals surface area contributed by atoms with E-state index in [4.69, 9.17) is 10.5 Å². The minimum Gasteiger partial charge on any atom is -0.379 e. The van der Waals surface area contributed by atoms with Gasteiger partial charge in [-0.3, -0.25) is 14.5 Å². The third-order valence-electron chi connectivity index (χ3n) is 5.53. The normalized spacial score (nSPS) is 29.2. The summed E-state index contributed by atoms with van der Waals surface area (Å²) in [6.07, 6.45) is 4.11. The van der Waals surface area contributed by atoms with E-state index in [-0.39, 0.29) is 48.7 Å². The average molecular weight is 411 g/mol. The van der Waals surface area contributed by atoms with Crippen LogP contribution in [0.25, 0.3) is 0 Å². The Hall–Kier alpha value is -0.600. The molecule has 2 heterocycles. The fourth-order valence-corrected chi connectivity index (χ4v) is 4.02. The van der Waals surface area contributed by atoms with Crippen LogP contribution >= 0.6 is 24.8 Å². The molecule has 9 heteroatoms. The lowest BCUT2D eigenvalue weighted by Crippen LogP contribution is -2.43. The number of hydrogen-bond acceptors (Lipinski definition) is 5. The Morgan fingerprint density at radius 3 is 2.58 bits per heavy atom. The van der Waals surface area contributed by atoms with Gasteiger partial charge in [0, 0.05) is 51.6 Å². The Morgan fingerprint density at radius 1 is 1.19 bits per heavy atom. The van der Waals surface area contributed by atoms with Gasteiger partial charge in [-0.2, -0.15) is 0 Å². The molecule has 2 amide bonds. The SMILES string of the molecule is Cl.Cl.N[C@@H]1CCC[C@H]1CC(=O)NC1CC(=O)N(CCN2CCOCC2)C1. The highest BCUT2D eigenvalue weighted by molar-refractivity contribution is 5.85. The van der Waals surface area contributed by atoms with Crippen molar-refractivity contribution in [3.8, 4) is 0 Å². The van der Waals surface area contributed by atoms with E-state index in [9.17, 15) is 9.59 Å². The third kappa shape index (κ3) is 6.53. The fraction of sp³-hybridized carbons (Fsp3) is 0.882. The fourth-order valence-electron chi connectivity index (χ4n) is 4.02. The van der Waals surface area contributed by atoms with Crippen LogP contribution in [0.1, 0.15) is 32.1 Å². The van der Waals surface area contributed by atoms with Crippen molar-refractivity contribution in [2.24, 2.45) is 11.7 Å². The van der Waals surface area contributed by atoms with Crippen LogP contribution in [0.3, 0.4) is 0 Å². The second kappa shape index (κ2) is 11.3. The number of amides is 2. The predicted octanol–water partition coefficient (Wildman–Crippen LogP) is 0.397. The standard InChI is InChI=1S/C17H30N4O3.2ClH/c18-15-3-1-2-13(15)10-16(22)19-14-11-17(23)21(12-14)5-4-20-6-8-24-9-7-20;;/h13-15H,1-12,18H2,(H,19,22);2*1H/t13-,14?,15+;;/m0../s1. The first kappa shape index (κ1) is 23.4. The maximum absolute atomic E-state index is 12.2. The first-order valence-corrected chi connectivity index (χ1v) is 9.24. The van der Waals surface area contributed by atoms with Crippen molar-refractivity contribution in [3.05, 3.63) is 0 Å². The second-order valence-corrected chi connectivity index (χ2v) is 7.32. The van der Waals surface area contributed by atoms with Gasteiger partial charge in [0.05, 0.1) is 19.3 Å². The molecule has 0 aromatic heterocycles. The number of nitrogens with one attached hydrogen (secondary N) is 1. The van der Waals surface area contributed by atoms with Gasteiger partial charge in [-0.05, 0) is 18.8 Å². The summed E-state index contributed by atoms with van der Waals surface area (Å²) in [6.45, 7) is 5.66. The number of hydrogen-bond donors (Lipinski definition) is 2. The number of nitrogens with zero attached hydrogens (tertiary/aromatic N) is 2. The quantitative estimate of drug-likeness (QED) is 0.661. The van der Waals surface area contributed by atoms with Gasteiger partial charge in [0.25, 0.3) is 0 Å². The van der Waals surface area contributed by atoms with Gasteiger partial charge in [0.15, 0.2) is 0 Å². The maximum atomic E-state index is 12.2. The number of rotatable bonds is 6. The molecule has 0 spiro atoms. The smallest absolute Gasteiger partial charge is 0.224 e. The van der Waals surface area contributed by atoms with Crippen LogP contribution in [0.2, 0.25) is 0 Å². The lowest BCUT2D eigenvalue weighted by Gasteiger charge is -2.28. The van der Waals surface area contributed by atoms with E-state index < -0.39 is 0 Å². The minimum absolute atomic E-state index is 0. The molecule has 3 N–H and O–H groups in total. The summed E-state index contributed by atoms with van der Waals surface area (Å²) in [5.41, 5.74) is 6.03. The zero-order chi connectivity index (χ0) is 16.9. The summed E-state index contributed by atoms with van der Waals surface area (Å²) in [5, 5.41) is 3.03. The molecule has 0 radical (unpaired) electrons. The van der Waals surface area contributed by atoms with Crippen LogP contribution in [-0.4, -0.2) is 79.6 Å². The van der Waals surface area contributed by atoms with Crippen molar-refractivity contribution in [3.63, 3.8) is 0 Å². The number of carbonyl (C=O) groups is 2. The van der Waals surface area contributed by atoms with Gasteiger partial charge in [-0.25, -0.2) is 0 Å². The van der Waals surface area contributed by atoms with Crippen LogP contribution in [-0.2, 0) is 14.3 Å². The molecule has 2 saturated heterocycles. The molecule has 1 saturated carbocycles. The van der Waals surface area contributed by atoms with Crippen LogP contribution in [0.15, 0.2) is 0 Å². The summed E-state index contributed by atoms with van der Waals surface area (Å²) in [6, 6.07) is 0.110. The Bertz CT molecular complexity index is 463. The van der Waals surface area contributed by atoms with E-state index in [0.717, 1.165) is 58.7 Å². The third-order valence-corrected chi connectivity index (χ3v) is 5.53. The molecule has 3 rings (SSSR count). The second-order valence-electron chi connectivity index (χ2n) is 7.32. The molecule has 0 aromatic rings. The number of carbonyl (C=O) groups excluding carboxylic acids is 2. The predicted molar refractivity (Wildman–Crippen MR) is 105 cm³/mol. The largest absolute Gasteiger partial charge is 0.379 e. The van der Waals surface area contributed by atoms with Gasteiger partial charge in [0.2, 0.25) is 11.8 Å². The van der Waals surface area contributed by atoms with Crippen LogP contribution in [0.4, 0.5) is 0 Å². The topological polar surface area (TPSA) is 87.9 Å². The molecule has 0 bridgehead atoms. The van der Waals surface area contributed by atoms with E-state index in [1.54, 1.807) is 0 Å². The van der Waals surface area contributed by atoms with E-state index in [1.165, 1.54) is 0 Å². The summed E-state index contributed by atoms with van der Waals surface area (Å²) < 4.78 is 5.34. The van der Waals surface area contributed by atoms with Gasteiger partial charge in [-0.1, -0.05) is 6.42 Å². The first-order valence-electron chi connectivity index (χ1n) is 9.24. The molecular weight excluding hydrogens is 379 g/mol. The van der Waals surface area contributed by atoms with Crippen LogP contribution < -0.4 is 11.1 Å². The van der Waals surface area contributed by atoms with Crippen molar-refractivity contribution < 1.29 is 14.3 Å². The molecule has 1 aliphatic carbocycles. The molecule has 3 fully saturated rings. The average Bonchev–Trinajstić information content (AvgIpc) is 3.12. The zero-order valence-electron chi connectivity index (χ0n) is 15.2. The summed E-state index contributed by atoms with van der Waals surface area (Å²) in [7, 11) is 0. The molecule has 1 unspecified atom stereocenters. The Kier molecular flexibility index (Phi) is 10.2. The Labute approximate surface area is 168 Å². The first-order chi connectivity index (χ1) is 11.6. The highest BCUT2D eigenvalue weighted by Crippen LogP contribution is 2.26. The lowest BCUT2D eigenvalue weighted by atomic mass is 9.99. The maximum Gasteiger partial charge on any atom is 0.224 e. The van der Waals surface area contributed by atoms with Gasteiger partial charge >= 0.3 is 0 Å². The molecule has 26 heavy (non-hydrogen) atoms. The van der Waals surface area contributed by atoms with E-state index >= 15 is 0 Å². The lowest BCUT2D eigenvalue weighted by molar-refractivity contribution is -0.128. The number of halogens is 2. The molecule has 3 aliphatic rings. The number of morpholine rings is 1. The Balaban J connectivity index is 0.00000169. The monoisotopic (exact) mass is 410 g/mol. The van der Waals surface area contributed by atoms with Gasteiger partial charge < -0.3 is 20.7 Å². The van der Waals surface area contributed by atoms with Crippen molar-refractivity contribution in [1.82, 2.24) is 15.1 Å². The van der Waals surface area contributed by atoms with Crippen molar-refractivity contribution >= 4 is 36.6 Å². The van der Waals surface area contributed by atoms with Crippen molar-refractivity contribution in [2.75, 3.05) is 45.9 Å². The molecule has 3 atom stereocenters. The minimum atomic E-state index is -0.0488. The van der Waals surface area contributed by atoms with Gasteiger partial charge in [0.1, 0.15) is 0 Å².